The standard InChI is InChI=1S/C16H17N3O/c1-9-6-10(2)15-14(7-9)18-16(19-15)12-8-11(20-3)4-5-13(12)17/h4-8H,17H2,1-3H3,(H,18,19). The van der Waals surface area contributed by atoms with E-state index in [1.54, 1.807) is 7.11 Å². The number of imidazole rings is 1. The molecule has 3 rings (SSSR count). The number of nitrogens with zero attached hydrogens (tertiary/aromatic N) is 1. The second-order valence-corrected chi connectivity index (χ2v) is 5.02. The molecular formula is C16H17N3O. The number of fused-ring (bicyclic) bond motifs is 1. The van der Waals surface area contributed by atoms with Gasteiger partial charge in [-0.25, -0.2) is 4.98 Å². The number of aromatic amines is 1. The van der Waals surface area contributed by atoms with Gasteiger partial charge in [0.2, 0.25) is 0 Å². The summed E-state index contributed by atoms with van der Waals surface area (Å²) in [5.41, 5.74) is 12.0. The van der Waals surface area contributed by atoms with E-state index < -0.39 is 0 Å². The Morgan fingerprint density at radius 2 is 1.95 bits per heavy atom. The van der Waals surface area contributed by atoms with Crippen molar-refractivity contribution in [1.29, 1.82) is 0 Å². The van der Waals surface area contributed by atoms with Crippen molar-refractivity contribution in [3.8, 4) is 17.1 Å². The molecule has 0 aliphatic carbocycles. The summed E-state index contributed by atoms with van der Waals surface area (Å²) in [6.07, 6.45) is 0. The Balaban J connectivity index is 2.22. The van der Waals surface area contributed by atoms with Gasteiger partial charge in [-0.05, 0) is 49.2 Å². The number of H-pyrrole nitrogens is 1. The third-order valence-corrected chi connectivity index (χ3v) is 3.44. The van der Waals surface area contributed by atoms with Crippen LogP contribution >= 0.6 is 0 Å². The third kappa shape index (κ3) is 1.99. The molecule has 0 aliphatic heterocycles. The monoisotopic (exact) mass is 267 g/mol. The smallest absolute Gasteiger partial charge is 0.140 e. The van der Waals surface area contributed by atoms with Gasteiger partial charge in [-0.2, -0.15) is 0 Å². The lowest BCUT2D eigenvalue weighted by atomic mass is 10.1. The minimum atomic E-state index is 0.680. The molecule has 2 aromatic carbocycles. The van der Waals surface area contributed by atoms with E-state index in [0.29, 0.717) is 5.69 Å². The van der Waals surface area contributed by atoms with Crippen LogP contribution in [0.1, 0.15) is 11.1 Å². The summed E-state index contributed by atoms with van der Waals surface area (Å²) in [4.78, 5) is 8.01. The first-order valence-corrected chi connectivity index (χ1v) is 6.49. The molecule has 0 saturated heterocycles. The number of ether oxygens (including phenoxy) is 1. The van der Waals surface area contributed by atoms with Crippen LogP contribution in [0.3, 0.4) is 0 Å². The summed E-state index contributed by atoms with van der Waals surface area (Å²) in [7, 11) is 1.64. The fraction of sp³-hybridized carbons (Fsp3) is 0.188. The molecule has 0 saturated carbocycles. The van der Waals surface area contributed by atoms with Gasteiger partial charge in [0.15, 0.2) is 0 Å². The molecule has 102 valence electrons. The number of nitrogens with one attached hydrogen (secondary N) is 1. The van der Waals surface area contributed by atoms with Crippen LogP contribution < -0.4 is 10.5 Å². The van der Waals surface area contributed by atoms with Crippen molar-refractivity contribution in [2.45, 2.75) is 13.8 Å². The number of hydrogen-bond acceptors (Lipinski definition) is 3. The second-order valence-electron chi connectivity index (χ2n) is 5.02. The molecule has 20 heavy (non-hydrogen) atoms. The average molecular weight is 267 g/mol. The third-order valence-electron chi connectivity index (χ3n) is 3.44. The quantitative estimate of drug-likeness (QED) is 0.699. The zero-order chi connectivity index (χ0) is 14.3. The number of aryl methyl sites for hydroxylation is 2. The number of rotatable bonds is 2. The Bertz CT molecular complexity index is 790. The van der Waals surface area contributed by atoms with Crippen LogP contribution in [0.5, 0.6) is 5.75 Å². The number of aromatic nitrogens is 2. The van der Waals surface area contributed by atoms with Crippen molar-refractivity contribution in [1.82, 2.24) is 9.97 Å². The predicted octanol–water partition coefficient (Wildman–Crippen LogP) is 3.44. The molecule has 0 spiro atoms. The maximum atomic E-state index is 6.05. The molecule has 0 radical (unpaired) electrons. The lowest BCUT2D eigenvalue weighted by molar-refractivity contribution is 0.415. The lowest BCUT2D eigenvalue weighted by Crippen LogP contribution is -1.93. The van der Waals surface area contributed by atoms with E-state index in [2.05, 4.69) is 35.9 Å². The van der Waals surface area contributed by atoms with Crippen molar-refractivity contribution >= 4 is 16.7 Å². The normalized spacial score (nSPS) is 10.9. The summed E-state index contributed by atoms with van der Waals surface area (Å²) in [6, 6.07) is 9.79. The number of nitrogens with two attached hydrogens (primary N) is 1. The van der Waals surface area contributed by atoms with E-state index >= 15 is 0 Å². The zero-order valence-electron chi connectivity index (χ0n) is 11.8. The average Bonchev–Trinajstić information content (AvgIpc) is 2.83. The van der Waals surface area contributed by atoms with Crippen molar-refractivity contribution in [2.75, 3.05) is 12.8 Å². The van der Waals surface area contributed by atoms with Gasteiger partial charge in [-0.15, -0.1) is 0 Å². The summed E-state index contributed by atoms with van der Waals surface area (Å²) >= 11 is 0. The van der Waals surface area contributed by atoms with E-state index in [1.165, 1.54) is 5.56 Å². The first kappa shape index (κ1) is 12.5. The van der Waals surface area contributed by atoms with Crippen LogP contribution in [0.4, 0.5) is 5.69 Å². The van der Waals surface area contributed by atoms with Gasteiger partial charge < -0.3 is 15.5 Å². The second kappa shape index (κ2) is 4.56. The topological polar surface area (TPSA) is 63.9 Å². The molecule has 0 unspecified atom stereocenters. The molecule has 3 N–H and O–H groups in total. The highest BCUT2D eigenvalue weighted by Gasteiger charge is 2.11. The van der Waals surface area contributed by atoms with Gasteiger partial charge in [-0.3, -0.25) is 0 Å². The Morgan fingerprint density at radius 1 is 1.15 bits per heavy atom. The van der Waals surface area contributed by atoms with Gasteiger partial charge in [0.25, 0.3) is 0 Å². The van der Waals surface area contributed by atoms with Gasteiger partial charge in [0.05, 0.1) is 18.1 Å². The van der Waals surface area contributed by atoms with E-state index in [0.717, 1.165) is 33.7 Å². The Morgan fingerprint density at radius 3 is 2.70 bits per heavy atom. The van der Waals surface area contributed by atoms with Gasteiger partial charge in [0.1, 0.15) is 11.6 Å². The van der Waals surface area contributed by atoms with Crippen molar-refractivity contribution < 1.29 is 4.74 Å². The fourth-order valence-corrected chi connectivity index (χ4v) is 2.47. The number of anilines is 1. The molecule has 1 aromatic heterocycles. The number of hydrogen-bond donors (Lipinski definition) is 2. The summed E-state index contributed by atoms with van der Waals surface area (Å²) in [5, 5.41) is 0. The molecule has 0 aliphatic rings. The highest BCUT2D eigenvalue weighted by molar-refractivity contribution is 5.85. The van der Waals surface area contributed by atoms with Gasteiger partial charge in [-0.1, -0.05) is 6.07 Å². The molecule has 0 amide bonds. The summed E-state index contributed by atoms with van der Waals surface area (Å²) in [6.45, 7) is 4.14. The summed E-state index contributed by atoms with van der Waals surface area (Å²) < 4.78 is 5.25. The van der Waals surface area contributed by atoms with Crippen LogP contribution in [0.15, 0.2) is 30.3 Å². The Kier molecular flexibility index (Phi) is 2.86. The minimum absolute atomic E-state index is 0.680. The minimum Gasteiger partial charge on any atom is -0.497 e. The molecule has 0 fully saturated rings. The van der Waals surface area contributed by atoms with Gasteiger partial charge >= 0.3 is 0 Å². The van der Waals surface area contributed by atoms with Gasteiger partial charge in [0, 0.05) is 11.3 Å². The Hall–Kier alpha value is -2.49. The van der Waals surface area contributed by atoms with Crippen molar-refractivity contribution in [3.05, 3.63) is 41.5 Å². The number of methoxy groups -OCH3 is 1. The van der Waals surface area contributed by atoms with Crippen LogP contribution in [-0.4, -0.2) is 17.1 Å². The van der Waals surface area contributed by atoms with E-state index in [9.17, 15) is 0 Å². The number of benzene rings is 2. The van der Waals surface area contributed by atoms with Crippen LogP contribution in [0, 0.1) is 13.8 Å². The molecule has 0 bridgehead atoms. The van der Waals surface area contributed by atoms with Crippen LogP contribution in [-0.2, 0) is 0 Å². The highest BCUT2D eigenvalue weighted by Crippen LogP contribution is 2.30. The first-order valence-electron chi connectivity index (χ1n) is 6.49. The number of nitrogen functional groups attached to an aromatic ring is 1. The highest BCUT2D eigenvalue weighted by atomic mass is 16.5. The molecule has 1 heterocycles. The van der Waals surface area contributed by atoms with Crippen molar-refractivity contribution in [2.24, 2.45) is 0 Å². The summed E-state index contributed by atoms with van der Waals surface area (Å²) in [5.74, 6) is 1.53. The predicted molar refractivity (Wildman–Crippen MR) is 82.0 cm³/mol. The maximum Gasteiger partial charge on any atom is 0.140 e. The maximum absolute atomic E-state index is 6.05. The zero-order valence-corrected chi connectivity index (χ0v) is 11.8. The first-order chi connectivity index (χ1) is 9.58. The largest absolute Gasteiger partial charge is 0.497 e. The van der Waals surface area contributed by atoms with E-state index in [4.69, 9.17) is 10.5 Å². The van der Waals surface area contributed by atoms with Crippen LogP contribution in [0.2, 0.25) is 0 Å². The lowest BCUT2D eigenvalue weighted by Gasteiger charge is -2.05. The van der Waals surface area contributed by atoms with Crippen molar-refractivity contribution in [3.63, 3.8) is 0 Å². The Labute approximate surface area is 117 Å². The SMILES string of the molecule is COc1ccc(N)c(-c2nc3c(C)cc(C)cc3[nH]2)c1. The van der Waals surface area contributed by atoms with E-state index in [1.807, 2.05) is 18.2 Å². The molecule has 4 heteroatoms. The van der Waals surface area contributed by atoms with E-state index in [-0.39, 0.29) is 0 Å². The molecular weight excluding hydrogens is 250 g/mol. The molecule has 0 atom stereocenters. The van der Waals surface area contributed by atoms with Crippen LogP contribution in [0.25, 0.3) is 22.4 Å². The molecule has 4 nitrogen and oxygen atoms in total. The molecule has 3 aromatic rings. The fourth-order valence-electron chi connectivity index (χ4n) is 2.47.